The van der Waals surface area contributed by atoms with Crippen molar-refractivity contribution in [3.8, 4) is 0 Å². The van der Waals surface area contributed by atoms with Gasteiger partial charge in [0, 0.05) is 27.8 Å². The Kier molecular flexibility index (Phi) is 19.8. The van der Waals surface area contributed by atoms with Gasteiger partial charge in [-0.25, -0.2) is 0 Å². The number of carbonyl (C=O) groups excluding carboxylic acids is 4. The minimum absolute atomic E-state index is 0.0170. The maximum atomic E-state index is 14.2. The number of aryl methyl sites for hydroxylation is 1. The lowest BCUT2D eigenvalue weighted by Gasteiger charge is -2.41. The molecule has 12 nitrogen and oxygen atoms in total. The first-order chi connectivity index (χ1) is 25.9. The summed E-state index contributed by atoms with van der Waals surface area (Å²) in [6.07, 6.45) is 2.05. The fourth-order valence-corrected chi connectivity index (χ4v) is 8.36. The Morgan fingerprint density at radius 1 is 0.927 bits per heavy atom. The molecule has 3 N–H and O–H groups in total. The van der Waals surface area contributed by atoms with E-state index in [0.29, 0.717) is 13.0 Å². The van der Waals surface area contributed by atoms with Gasteiger partial charge >= 0.3 is 0 Å². The quantitative estimate of drug-likeness (QED) is 0.152. The molecule has 1 fully saturated rings. The number of carbonyl (C=O) groups is 4. The van der Waals surface area contributed by atoms with Crippen LogP contribution >= 0.6 is 0 Å². The number of likely N-dealkylation sites (tertiary alicyclic amines) is 1. The summed E-state index contributed by atoms with van der Waals surface area (Å²) in [5.74, 6) is -1.56. The molecule has 1 aliphatic rings. The Bertz CT molecular complexity index is 1360. The first-order valence-corrected chi connectivity index (χ1v) is 20.5. The minimum Gasteiger partial charge on any atom is -0.386 e. The average molecular weight is 774 g/mol. The van der Waals surface area contributed by atoms with Gasteiger partial charge in [-0.1, -0.05) is 92.5 Å². The van der Waals surface area contributed by atoms with Crippen molar-refractivity contribution in [1.82, 2.24) is 25.3 Å². The number of rotatable bonds is 22. The maximum Gasteiger partial charge on any atom is 0.245 e. The van der Waals surface area contributed by atoms with E-state index in [2.05, 4.69) is 24.5 Å². The standard InChI is InChI=1S/C43H75N5O7/c1-15-19-31-20-17-21-32(24-31)39(50)30(9)44-41(51)29(8)40(55-14)33-22-18-23-48(33)35(49)25-34(54-13)38(28(7)16-2)47(12)43(53)36(26(3)4)45-42(52)37(27(5)6)46(10)11/h17,20-21,24,26-30,33-34,36-40,50H,15-16,18-19,22-23,25H2,1-14H3,(H,44,51)(H,45,52)/t28-,29+,30+,33-,34+,36-,37-,38-,39+,40+/m0/s1. The third kappa shape index (κ3) is 12.7. The van der Waals surface area contributed by atoms with Crippen molar-refractivity contribution in [3.63, 3.8) is 0 Å². The smallest absolute Gasteiger partial charge is 0.245 e. The Morgan fingerprint density at radius 3 is 2.11 bits per heavy atom. The van der Waals surface area contributed by atoms with Crippen LogP contribution in [0.25, 0.3) is 0 Å². The lowest BCUT2D eigenvalue weighted by Crippen LogP contribution is -2.59. The van der Waals surface area contributed by atoms with Crippen LogP contribution < -0.4 is 10.6 Å². The molecule has 314 valence electrons. The number of methoxy groups -OCH3 is 2. The fraction of sp³-hybridized carbons (Fsp3) is 0.767. The molecule has 0 aliphatic carbocycles. The monoisotopic (exact) mass is 774 g/mol. The van der Waals surface area contributed by atoms with E-state index in [0.717, 1.165) is 36.8 Å². The van der Waals surface area contributed by atoms with Crippen molar-refractivity contribution in [1.29, 1.82) is 0 Å². The van der Waals surface area contributed by atoms with Crippen molar-refractivity contribution < 1.29 is 33.8 Å². The van der Waals surface area contributed by atoms with Crippen LogP contribution in [0.4, 0.5) is 0 Å². The van der Waals surface area contributed by atoms with Gasteiger partial charge in [-0.3, -0.25) is 24.1 Å². The third-order valence-corrected chi connectivity index (χ3v) is 11.6. The van der Waals surface area contributed by atoms with E-state index in [1.165, 1.54) is 0 Å². The Hall–Kier alpha value is -3.06. The van der Waals surface area contributed by atoms with Gasteiger partial charge in [0.25, 0.3) is 0 Å². The van der Waals surface area contributed by atoms with Crippen LogP contribution in [0.2, 0.25) is 0 Å². The number of aliphatic hydroxyl groups excluding tert-OH is 1. The number of nitrogens with one attached hydrogen (secondary N) is 2. The number of nitrogens with zero attached hydrogens (tertiary/aromatic N) is 3. The van der Waals surface area contributed by atoms with Gasteiger partial charge < -0.3 is 35.0 Å². The molecule has 55 heavy (non-hydrogen) atoms. The molecule has 0 radical (unpaired) electrons. The number of aliphatic hydroxyl groups is 1. The summed E-state index contributed by atoms with van der Waals surface area (Å²) >= 11 is 0. The summed E-state index contributed by atoms with van der Waals surface area (Å²) in [7, 11) is 8.59. The van der Waals surface area contributed by atoms with Crippen molar-refractivity contribution in [2.45, 2.75) is 149 Å². The molecule has 0 unspecified atom stereocenters. The lowest BCUT2D eigenvalue weighted by atomic mass is 9.89. The van der Waals surface area contributed by atoms with Gasteiger partial charge in [0.2, 0.25) is 23.6 Å². The normalized spacial score (nSPS) is 19.7. The fourth-order valence-electron chi connectivity index (χ4n) is 8.36. The molecule has 1 aromatic carbocycles. The zero-order valence-corrected chi connectivity index (χ0v) is 36.4. The topological polar surface area (TPSA) is 141 Å². The van der Waals surface area contributed by atoms with Gasteiger partial charge in [0.1, 0.15) is 6.04 Å². The first kappa shape index (κ1) is 48.1. The highest BCUT2D eigenvalue weighted by Gasteiger charge is 2.43. The lowest BCUT2D eigenvalue weighted by molar-refractivity contribution is -0.148. The predicted molar refractivity (Wildman–Crippen MR) is 218 cm³/mol. The van der Waals surface area contributed by atoms with Crippen LogP contribution in [-0.2, 0) is 35.1 Å². The Labute approximate surface area is 332 Å². The number of hydrogen-bond donors (Lipinski definition) is 3. The van der Waals surface area contributed by atoms with Gasteiger partial charge in [0.05, 0.1) is 54.8 Å². The van der Waals surface area contributed by atoms with Gasteiger partial charge in [-0.2, -0.15) is 0 Å². The number of hydrogen-bond acceptors (Lipinski definition) is 8. The van der Waals surface area contributed by atoms with Crippen LogP contribution in [0.3, 0.4) is 0 Å². The van der Waals surface area contributed by atoms with Crippen molar-refractivity contribution >= 4 is 23.6 Å². The minimum atomic E-state index is -0.880. The zero-order chi connectivity index (χ0) is 41.7. The number of benzene rings is 1. The molecule has 1 aromatic rings. The predicted octanol–water partition coefficient (Wildman–Crippen LogP) is 4.82. The van der Waals surface area contributed by atoms with E-state index in [1.54, 1.807) is 44.9 Å². The summed E-state index contributed by atoms with van der Waals surface area (Å²) in [5.41, 5.74) is 1.90. The summed E-state index contributed by atoms with van der Waals surface area (Å²) in [6, 6.07) is 5.35. The second-order valence-corrected chi connectivity index (χ2v) is 16.7. The second-order valence-electron chi connectivity index (χ2n) is 16.7. The summed E-state index contributed by atoms with van der Waals surface area (Å²) < 4.78 is 12.0. The first-order valence-electron chi connectivity index (χ1n) is 20.5. The van der Waals surface area contributed by atoms with Crippen molar-refractivity contribution in [3.05, 3.63) is 35.4 Å². The molecular formula is C43H75N5O7. The van der Waals surface area contributed by atoms with E-state index < -0.39 is 48.4 Å². The molecule has 12 heteroatoms. The number of amides is 4. The molecule has 10 atom stereocenters. The van der Waals surface area contributed by atoms with E-state index in [1.807, 2.05) is 77.9 Å². The third-order valence-electron chi connectivity index (χ3n) is 11.6. The molecular weight excluding hydrogens is 699 g/mol. The molecule has 1 saturated heterocycles. The molecule has 0 spiro atoms. The van der Waals surface area contributed by atoms with Crippen molar-refractivity contribution in [2.24, 2.45) is 23.7 Å². The van der Waals surface area contributed by atoms with Crippen LogP contribution in [-0.4, -0.2) is 128 Å². The van der Waals surface area contributed by atoms with Crippen LogP contribution in [0.5, 0.6) is 0 Å². The van der Waals surface area contributed by atoms with Crippen molar-refractivity contribution in [2.75, 3.05) is 41.9 Å². The van der Waals surface area contributed by atoms with E-state index in [4.69, 9.17) is 9.47 Å². The SMILES string of the molecule is CCCc1cccc([C@H](O)[C@@H](C)NC(=O)[C@H](C)[C@@H](OC)[C@@H]2CCCN2C(=O)C[C@@H](OC)[C@H]([C@@H](C)CC)N(C)C(=O)[C@@H](NC(=O)[C@H](C(C)C)N(C)C)C(C)C)c1. The number of likely N-dealkylation sites (N-methyl/N-ethyl adjacent to an activating group) is 2. The van der Waals surface area contributed by atoms with E-state index in [9.17, 15) is 24.3 Å². The van der Waals surface area contributed by atoms with Crippen LogP contribution in [0, 0.1) is 23.7 Å². The summed E-state index contributed by atoms with van der Waals surface area (Å²) in [5, 5.41) is 17.2. The largest absolute Gasteiger partial charge is 0.386 e. The molecule has 1 heterocycles. The van der Waals surface area contributed by atoms with Gasteiger partial charge in [0.15, 0.2) is 0 Å². The molecule has 0 bridgehead atoms. The van der Waals surface area contributed by atoms with Crippen LogP contribution in [0.15, 0.2) is 24.3 Å². The van der Waals surface area contributed by atoms with Gasteiger partial charge in [-0.05, 0) is 69.2 Å². The zero-order valence-electron chi connectivity index (χ0n) is 36.4. The molecule has 0 aromatic heterocycles. The maximum absolute atomic E-state index is 14.2. The number of ether oxygens (including phenoxy) is 2. The molecule has 2 rings (SSSR count). The Morgan fingerprint density at radius 2 is 1.58 bits per heavy atom. The second kappa shape index (κ2) is 22.6. The highest BCUT2D eigenvalue weighted by Crippen LogP contribution is 2.30. The molecule has 1 aliphatic heterocycles. The average Bonchev–Trinajstić information content (AvgIpc) is 3.62. The van der Waals surface area contributed by atoms with Gasteiger partial charge in [-0.15, -0.1) is 0 Å². The molecule has 0 saturated carbocycles. The van der Waals surface area contributed by atoms with E-state index in [-0.39, 0.29) is 53.8 Å². The summed E-state index contributed by atoms with van der Waals surface area (Å²) in [6.45, 7) is 18.1. The summed E-state index contributed by atoms with van der Waals surface area (Å²) in [4.78, 5) is 60.9. The van der Waals surface area contributed by atoms with Crippen LogP contribution in [0.1, 0.15) is 112 Å². The highest BCUT2D eigenvalue weighted by molar-refractivity contribution is 5.90. The highest BCUT2D eigenvalue weighted by atomic mass is 16.5. The Balaban J connectivity index is 2.25. The van der Waals surface area contributed by atoms with E-state index >= 15 is 0 Å². The molecule has 4 amide bonds.